The van der Waals surface area contributed by atoms with Crippen molar-refractivity contribution in [1.29, 1.82) is 0 Å². The maximum atomic E-state index is 13.9. The van der Waals surface area contributed by atoms with Crippen molar-refractivity contribution in [2.24, 2.45) is 0 Å². The van der Waals surface area contributed by atoms with Gasteiger partial charge in [-0.3, -0.25) is 0 Å². The lowest BCUT2D eigenvalue weighted by atomic mass is 9.87. The van der Waals surface area contributed by atoms with Crippen LogP contribution in [0.5, 0.6) is 0 Å². The molecule has 0 aliphatic rings. The number of fused-ring (bicyclic) bond motifs is 1. The minimum absolute atomic E-state index is 0.130. The number of thiophene rings is 1. The van der Waals surface area contributed by atoms with E-state index in [0.29, 0.717) is 9.54 Å². The quantitative estimate of drug-likeness (QED) is 0.335. The van der Waals surface area contributed by atoms with Gasteiger partial charge in [0.2, 0.25) is 4.88 Å². The van der Waals surface area contributed by atoms with Gasteiger partial charge < -0.3 is 9.90 Å². The van der Waals surface area contributed by atoms with Crippen LogP contribution in [0.4, 0.5) is 13.2 Å². The third-order valence-electron chi connectivity index (χ3n) is 5.63. The zero-order valence-corrected chi connectivity index (χ0v) is 20.9. The van der Waals surface area contributed by atoms with Crippen molar-refractivity contribution in [3.8, 4) is 0 Å². The molecule has 1 atom stereocenters. The average Bonchev–Trinajstić information content (AvgIpc) is 3.42. The summed E-state index contributed by atoms with van der Waals surface area (Å²) in [5.41, 5.74) is -1.33. The molecule has 1 unspecified atom stereocenters. The molecule has 0 N–H and O–H groups in total. The first-order valence-electron chi connectivity index (χ1n) is 10.6. The fourth-order valence-corrected chi connectivity index (χ4v) is 6.88. The third-order valence-corrected chi connectivity index (χ3v) is 9.17. The summed E-state index contributed by atoms with van der Waals surface area (Å²) in [4.78, 5) is 24.4. The summed E-state index contributed by atoms with van der Waals surface area (Å²) in [6.07, 6.45) is -4.69. The lowest BCUT2D eigenvalue weighted by molar-refractivity contribution is -0.254. The molecule has 4 rings (SSSR count). The van der Waals surface area contributed by atoms with Crippen LogP contribution < -0.4 is 5.11 Å². The number of halogens is 3. The number of aromatic nitrogens is 1. The number of carboxylic acid groups (broad SMARTS) is 1. The molecule has 36 heavy (non-hydrogen) atoms. The molecule has 2 heterocycles. The molecular weight excluding hydrogens is 515 g/mol. The van der Waals surface area contributed by atoms with Crippen LogP contribution in [0.15, 0.2) is 70.9 Å². The van der Waals surface area contributed by atoms with Crippen molar-refractivity contribution in [2.75, 3.05) is 0 Å². The maximum Gasteiger partial charge on any atom is 0.416 e. The monoisotopic (exact) mass is 535 g/mol. The fraction of sp³-hybridized carbons (Fsp3) is 0.200. The zero-order chi connectivity index (χ0) is 26.6. The van der Waals surface area contributed by atoms with Crippen molar-refractivity contribution >= 4 is 42.5 Å². The predicted octanol–water partition coefficient (Wildman–Crippen LogP) is 5.00. The summed E-state index contributed by atoms with van der Waals surface area (Å²) in [5, 5.41) is 11.8. The van der Waals surface area contributed by atoms with Crippen molar-refractivity contribution in [1.82, 2.24) is 3.97 Å². The van der Waals surface area contributed by atoms with E-state index in [-0.39, 0.29) is 20.7 Å². The van der Waals surface area contributed by atoms with E-state index < -0.39 is 54.4 Å². The number of hydrogen-bond acceptors (Lipinski definition) is 5. The van der Waals surface area contributed by atoms with Crippen LogP contribution in [0.25, 0.3) is 10.9 Å². The number of alkyl halides is 3. The molecule has 4 aromatic rings. The van der Waals surface area contributed by atoms with Gasteiger partial charge in [-0.25, -0.2) is 17.2 Å². The van der Waals surface area contributed by atoms with Gasteiger partial charge in [-0.15, -0.1) is 0 Å². The molecule has 0 bridgehead atoms. The lowest BCUT2D eigenvalue weighted by Gasteiger charge is -2.20. The Morgan fingerprint density at radius 2 is 1.61 bits per heavy atom. The van der Waals surface area contributed by atoms with Crippen LogP contribution in [0.2, 0.25) is 0 Å². The molecule has 188 valence electrons. The second kappa shape index (κ2) is 8.59. The van der Waals surface area contributed by atoms with E-state index in [0.717, 1.165) is 24.3 Å². The number of benzene rings is 2. The maximum absolute atomic E-state index is 13.9. The van der Waals surface area contributed by atoms with Gasteiger partial charge in [0.1, 0.15) is 11.3 Å². The number of carbonyl (C=O) groups is 2. The van der Waals surface area contributed by atoms with Crippen LogP contribution in [0.1, 0.15) is 52.1 Å². The molecule has 11 heteroatoms. The Hall–Kier alpha value is -3.44. The van der Waals surface area contributed by atoms with Crippen LogP contribution in [0.3, 0.4) is 0 Å². The molecular formula is C25H20F3NO5S2. The molecule has 0 spiro atoms. The standard InChI is InChI=1S/C25H20F3NO5S2/c1-24(2,3)16-6-4-7-18(14-16)36(33,34)29-19-10-9-17(25(26,27)28)12-15(19)13-20(29)23(32)35-11-5-8-21(35)22(30)31/h4-14H,1-3H3. The third kappa shape index (κ3) is 4.44. The summed E-state index contributed by atoms with van der Waals surface area (Å²) in [6, 6.07) is 12.1. The predicted molar refractivity (Wildman–Crippen MR) is 128 cm³/mol. The summed E-state index contributed by atoms with van der Waals surface area (Å²) >= 11 is 0. The van der Waals surface area contributed by atoms with E-state index in [4.69, 9.17) is 0 Å². The Balaban J connectivity index is 2.03. The number of carboxylic acids is 1. The van der Waals surface area contributed by atoms with Crippen molar-refractivity contribution in [3.63, 3.8) is 0 Å². The second-order valence-corrected chi connectivity index (χ2v) is 12.7. The van der Waals surface area contributed by atoms with E-state index in [1.807, 2.05) is 20.8 Å². The highest BCUT2D eigenvalue weighted by molar-refractivity contribution is 7.90. The Kier molecular flexibility index (Phi) is 6.12. The van der Waals surface area contributed by atoms with E-state index >= 15 is 0 Å². The number of hydrogen-bond donors (Lipinski definition) is 0. The minimum atomic E-state index is -4.69. The van der Waals surface area contributed by atoms with E-state index in [9.17, 15) is 36.3 Å². The average molecular weight is 536 g/mol. The lowest BCUT2D eigenvalue weighted by Crippen LogP contribution is -2.23. The molecule has 2 aromatic heterocycles. The minimum Gasteiger partial charge on any atom is -0.540 e. The first-order chi connectivity index (χ1) is 16.6. The van der Waals surface area contributed by atoms with Crippen molar-refractivity contribution in [3.05, 3.63) is 87.7 Å². The van der Waals surface area contributed by atoms with Crippen LogP contribution in [-0.4, -0.2) is 23.5 Å². The van der Waals surface area contributed by atoms with Gasteiger partial charge in [-0.2, -0.15) is 13.2 Å². The van der Waals surface area contributed by atoms with E-state index in [1.54, 1.807) is 12.1 Å². The summed E-state index contributed by atoms with van der Waals surface area (Å²) < 4.78 is 68.4. The number of aromatic carboxylic acids is 1. The molecule has 6 nitrogen and oxygen atoms in total. The normalized spacial score (nSPS) is 13.2. The highest BCUT2D eigenvalue weighted by Gasteiger charge is 2.36. The fourth-order valence-electron chi connectivity index (χ4n) is 3.78. The van der Waals surface area contributed by atoms with Crippen molar-refractivity contribution in [2.45, 2.75) is 37.3 Å². The first kappa shape index (κ1) is 25.6. The molecule has 0 saturated heterocycles. The Labute approximate surface area is 207 Å². The molecule has 0 aliphatic carbocycles. The highest BCUT2D eigenvalue weighted by Crippen LogP contribution is 2.37. The topological polar surface area (TPSA) is 96.3 Å². The smallest absolute Gasteiger partial charge is 0.416 e. The highest BCUT2D eigenvalue weighted by atomic mass is 32.2. The number of rotatable bonds is 5. The zero-order valence-electron chi connectivity index (χ0n) is 19.3. The first-order valence-corrected chi connectivity index (χ1v) is 13.3. The van der Waals surface area contributed by atoms with Crippen LogP contribution in [0, 0.1) is 0 Å². The molecule has 0 amide bonds. The van der Waals surface area contributed by atoms with Gasteiger partial charge in [0, 0.05) is 11.5 Å². The largest absolute Gasteiger partial charge is 0.540 e. The molecule has 2 aromatic carbocycles. The van der Waals surface area contributed by atoms with Crippen LogP contribution >= 0.6 is 10.5 Å². The van der Waals surface area contributed by atoms with Gasteiger partial charge in [0.15, 0.2) is 5.69 Å². The summed E-state index contributed by atoms with van der Waals surface area (Å²) in [6.45, 7) is 5.66. The number of nitrogens with zero attached hydrogens (tertiary/aromatic N) is 1. The van der Waals surface area contributed by atoms with Crippen LogP contribution in [-0.2, 0) is 21.6 Å². The molecule has 0 radical (unpaired) electrons. The van der Waals surface area contributed by atoms with Gasteiger partial charge in [0.05, 0.1) is 26.4 Å². The molecule has 0 aliphatic heterocycles. The second-order valence-electron chi connectivity index (χ2n) is 9.12. The Morgan fingerprint density at radius 1 is 0.917 bits per heavy atom. The van der Waals surface area contributed by atoms with E-state index in [2.05, 4.69) is 0 Å². The Morgan fingerprint density at radius 3 is 2.22 bits per heavy atom. The summed E-state index contributed by atoms with van der Waals surface area (Å²) in [5.74, 6) is -1.60. The van der Waals surface area contributed by atoms with Gasteiger partial charge in [0.25, 0.3) is 10.0 Å². The Bertz CT molecular complexity index is 1620. The van der Waals surface area contributed by atoms with E-state index in [1.165, 1.54) is 29.6 Å². The SMILES string of the molecule is CC(C)(C)c1cccc(S(=O)(=O)n2c(C(=O)[s+]3cccc3C(=O)[O-])cc3cc(C(F)(F)F)ccc32)c1. The van der Waals surface area contributed by atoms with Gasteiger partial charge >= 0.3 is 11.3 Å². The van der Waals surface area contributed by atoms with Gasteiger partial charge in [-0.1, -0.05) is 32.9 Å². The summed E-state index contributed by atoms with van der Waals surface area (Å²) in [7, 11) is -6.17. The molecule has 0 fully saturated rings. The molecule has 0 saturated carbocycles. The number of carbonyl (C=O) groups excluding carboxylic acids is 2. The van der Waals surface area contributed by atoms with Crippen molar-refractivity contribution < 1.29 is 36.3 Å². The van der Waals surface area contributed by atoms with Gasteiger partial charge in [-0.05, 0) is 53.4 Å².